The molecule has 0 bridgehead atoms. The molecule has 1 saturated heterocycles. The van der Waals surface area contributed by atoms with E-state index < -0.39 is 29.6 Å². The first-order valence-electron chi connectivity index (χ1n) is 10.4. The van der Waals surface area contributed by atoms with E-state index in [0.717, 1.165) is 44.9 Å². The van der Waals surface area contributed by atoms with E-state index in [0.29, 0.717) is 5.56 Å². The van der Waals surface area contributed by atoms with Crippen LogP contribution in [0.4, 0.5) is 4.79 Å². The summed E-state index contributed by atoms with van der Waals surface area (Å²) in [5, 5.41) is -0.512. The molecule has 0 atom stereocenters. The summed E-state index contributed by atoms with van der Waals surface area (Å²) in [6.07, 6.45) is 1.32. The molecule has 33 heavy (non-hydrogen) atoms. The standard InChI is InChI=1S/C24H26N2O6S/c1-13(2)32-21(27)12-25-22(28)20(33-24(25)30)11-18-9-15(4)26(16(18)5)19-10-17(23(29)31-6)8-7-14(19)3/h7-11,13H,12H2,1-6H3/b20-11+. The van der Waals surface area contributed by atoms with Gasteiger partial charge in [0.05, 0.1) is 23.7 Å². The van der Waals surface area contributed by atoms with E-state index in [2.05, 4.69) is 0 Å². The Morgan fingerprint density at radius 3 is 2.45 bits per heavy atom. The summed E-state index contributed by atoms with van der Waals surface area (Å²) in [4.78, 5) is 50.1. The number of thioether (sulfide) groups is 1. The fraction of sp³-hybridized carbons (Fsp3) is 0.333. The van der Waals surface area contributed by atoms with Crippen LogP contribution >= 0.6 is 11.8 Å². The minimum absolute atomic E-state index is 0.234. The number of imide groups is 1. The van der Waals surface area contributed by atoms with E-state index in [9.17, 15) is 19.2 Å². The molecule has 0 unspecified atom stereocenters. The maximum absolute atomic E-state index is 12.8. The number of aryl methyl sites for hydroxylation is 2. The van der Waals surface area contributed by atoms with Crippen molar-refractivity contribution in [3.05, 3.63) is 57.2 Å². The van der Waals surface area contributed by atoms with Crippen LogP contribution < -0.4 is 0 Å². The second-order valence-electron chi connectivity index (χ2n) is 7.96. The zero-order chi connectivity index (χ0) is 24.4. The number of rotatable bonds is 6. The predicted octanol–water partition coefficient (Wildman–Crippen LogP) is 4.18. The molecule has 174 valence electrons. The maximum Gasteiger partial charge on any atom is 0.337 e. The lowest BCUT2D eigenvalue weighted by Gasteiger charge is -2.14. The summed E-state index contributed by atoms with van der Waals surface area (Å²) >= 11 is 0.790. The lowest BCUT2D eigenvalue weighted by Crippen LogP contribution is -2.35. The number of ether oxygens (including phenoxy) is 2. The van der Waals surface area contributed by atoms with Crippen LogP contribution in [0.15, 0.2) is 29.2 Å². The SMILES string of the molecule is COC(=O)c1ccc(C)c(-n2c(C)cc(/C=C3/SC(=O)N(CC(=O)OC(C)C)C3=O)c2C)c1. The number of aromatic nitrogens is 1. The van der Waals surface area contributed by atoms with Crippen LogP contribution in [0.1, 0.15) is 46.7 Å². The number of methoxy groups -OCH3 is 1. The molecule has 2 heterocycles. The highest BCUT2D eigenvalue weighted by molar-refractivity contribution is 8.18. The molecular weight excluding hydrogens is 444 g/mol. The van der Waals surface area contributed by atoms with Crippen molar-refractivity contribution in [3.63, 3.8) is 0 Å². The third kappa shape index (κ3) is 5.03. The highest BCUT2D eigenvalue weighted by Gasteiger charge is 2.37. The number of benzene rings is 1. The second-order valence-corrected chi connectivity index (χ2v) is 8.95. The summed E-state index contributed by atoms with van der Waals surface area (Å²) in [6.45, 7) is 8.73. The van der Waals surface area contributed by atoms with Crippen LogP contribution in [-0.2, 0) is 19.1 Å². The Bertz CT molecular complexity index is 1180. The van der Waals surface area contributed by atoms with E-state index in [4.69, 9.17) is 9.47 Å². The quantitative estimate of drug-likeness (QED) is 0.462. The fourth-order valence-electron chi connectivity index (χ4n) is 3.61. The summed E-state index contributed by atoms with van der Waals surface area (Å²) in [5.74, 6) is -1.59. The Hall–Kier alpha value is -3.33. The molecule has 0 aliphatic carbocycles. The zero-order valence-electron chi connectivity index (χ0n) is 19.4. The number of carbonyl (C=O) groups excluding carboxylic acids is 4. The smallest absolute Gasteiger partial charge is 0.337 e. The maximum atomic E-state index is 12.8. The van der Waals surface area contributed by atoms with E-state index in [-0.39, 0.29) is 11.0 Å². The van der Waals surface area contributed by atoms with E-state index in [1.54, 1.807) is 32.1 Å². The van der Waals surface area contributed by atoms with Crippen LogP contribution in [0.5, 0.6) is 0 Å². The van der Waals surface area contributed by atoms with E-state index >= 15 is 0 Å². The Morgan fingerprint density at radius 2 is 1.82 bits per heavy atom. The molecule has 0 saturated carbocycles. The Balaban J connectivity index is 1.94. The van der Waals surface area contributed by atoms with Gasteiger partial charge in [0.15, 0.2) is 0 Å². The number of esters is 2. The minimum Gasteiger partial charge on any atom is -0.465 e. The first-order valence-corrected chi connectivity index (χ1v) is 11.2. The molecule has 1 aliphatic heterocycles. The minimum atomic E-state index is -0.632. The van der Waals surface area contributed by atoms with Crippen molar-refractivity contribution in [2.45, 2.75) is 40.7 Å². The third-order valence-corrected chi connectivity index (χ3v) is 6.06. The third-order valence-electron chi connectivity index (χ3n) is 5.16. The van der Waals surface area contributed by atoms with Gasteiger partial charge in [-0.1, -0.05) is 6.07 Å². The van der Waals surface area contributed by atoms with E-state index in [1.807, 2.05) is 37.5 Å². The highest BCUT2D eigenvalue weighted by Crippen LogP contribution is 2.34. The summed E-state index contributed by atoms with van der Waals surface area (Å²) in [6, 6.07) is 7.22. The molecule has 1 aromatic heterocycles. The number of nitrogens with zero attached hydrogens (tertiary/aromatic N) is 2. The van der Waals surface area contributed by atoms with Crippen LogP contribution in [-0.4, -0.2) is 52.3 Å². The van der Waals surface area contributed by atoms with Crippen LogP contribution in [0.3, 0.4) is 0 Å². The lowest BCUT2D eigenvalue weighted by molar-refractivity contribution is -0.149. The molecular formula is C24H26N2O6S. The van der Waals surface area contributed by atoms with Gasteiger partial charge in [-0.2, -0.15) is 0 Å². The predicted molar refractivity (Wildman–Crippen MR) is 125 cm³/mol. The largest absolute Gasteiger partial charge is 0.465 e. The monoisotopic (exact) mass is 470 g/mol. The fourth-order valence-corrected chi connectivity index (χ4v) is 4.44. The molecule has 0 N–H and O–H groups in total. The number of hydrogen-bond acceptors (Lipinski definition) is 7. The van der Waals surface area contributed by atoms with Gasteiger partial charge in [-0.15, -0.1) is 0 Å². The summed E-state index contributed by atoms with van der Waals surface area (Å²) < 4.78 is 11.9. The first kappa shape index (κ1) is 24.3. The molecule has 9 heteroatoms. The highest BCUT2D eigenvalue weighted by atomic mass is 32.2. The number of amides is 2. The van der Waals surface area contributed by atoms with Crippen molar-refractivity contribution in [1.82, 2.24) is 9.47 Å². The van der Waals surface area contributed by atoms with Crippen molar-refractivity contribution < 1.29 is 28.7 Å². The molecule has 1 aliphatic rings. The molecule has 1 fully saturated rings. The van der Waals surface area contributed by atoms with Gasteiger partial charge in [0.1, 0.15) is 6.54 Å². The Kier molecular flexibility index (Phi) is 7.12. The Labute approximate surface area is 196 Å². The number of hydrogen-bond donors (Lipinski definition) is 0. The Morgan fingerprint density at radius 1 is 1.12 bits per heavy atom. The van der Waals surface area contributed by atoms with Crippen molar-refractivity contribution in [1.29, 1.82) is 0 Å². The van der Waals surface area contributed by atoms with Crippen LogP contribution in [0.25, 0.3) is 11.8 Å². The van der Waals surface area contributed by atoms with Gasteiger partial charge < -0.3 is 14.0 Å². The molecule has 0 spiro atoms. The van der Waals surface area contributed by atoms with Crippen molar-refractivity contribution in [2.75, 3.05) is 13.7 Å². The van der Waals surface area contributed by atoms with Gasteiger partial charge in [0.2, 0.25) is 0 Å². The molecule has 2 amide bonds. The average molecular weight is 471 g/mol. The molecule has 1 aromatic carbocycles. The van der Waals surface area contributed by atoms with Gasteiger partial charge in [-0.05, 0) is 81.8 Å². The van der Waals surface area contributed by atoms with Crippen molar-refractivity contribution in [3.8, 4) is 5.69 Å². The molecule has 2 aromatic rings. The zero-order valence-corrected chi connectivity index (χ0v) is 20.2. The average Bonchev–Trinajstić information content (AvgIpc) is 3.16. The van der Waals surface area contributed by atoms with Gasteiger partial charge >= 0.3 is 11.9 Å². The van der Waals surface area contributed by atoms with Gasteiger partial charge in [-0.3, -0.25) is 19.3 Å². The molecule has 8 nitrogen and oxygen atoms in total. The topological polar surface area (TPSA) is 94.9 Å². The normalized spacial score (nSPS) is 15.0. The summed E-state index contributed by atoms with van der Waals surface area (Å²) in [5.41, 5.74) is 4.69. The van der Waals surface area contributed by atoms with Crippen LogP contribution in [0, 0.1) is 20.8 Å². The van der Waals surface area contributed by atoms with Crippen molar-refractivity contribution in [2.24, 2.45) is 0 Å². The lowest BCUT2D eigenvalue weighted by atomic mass is 10.1. The second kappa shape index (κ2) is 9.66. The van der Waals surface area contributed by atoms with Crippen LogP contribution in [0.2, 0.25) is 0 Å². The van der Waals surface area contributed by atoms with Gasteiger partial charge in [-0.25, -0.2) is 4.79 Å². The molecule has 0 radical (unpaired) electrons. The summed E-state index contributed by atoms with van der Waals surface area (Å²) in [7, 11) is 1.34. The first-order chi connectivity index (χ1) is 15.5. The van der Waals surface area contributed by atoms with Gasteiger partial charge in [0.25, 0.3) is 11.1 Å². The van der Waals surface area contributed by atoms with E-state index in [1.165, 1.54) is 7.11 Å². The number of carbonyl (C=O) groups is 4. The van der Waals surface area contributed by atoms with Gasteiger partial charge in [0, 0.05) is 17.1 Å². The van der Waals surface area contributed by atoms with Crippen molar-refractivity contribution >= 4 is 40.9 Å². The molecule has 3 rings (SSSR count).